The van der Waals surface area contributed by atoms with Crippen molar-refractivity contribution in [3.8, 4) is 11.5 Å². The average Bonchev–Trinajstić information content (AvgIpc) is 2.51. The molecule has 0 saturated heterocycles. The molecule has 1 amide bonds. The lowest BCUT2D eigenvalue weighted by Gasteiger charge is -2.26. The standard InChI is InChI=1S/C17H28N2O3/c1-6-7-13(18)11-19-16(20)17(2,3)12-8-9-14(21-4)15(10-12)22-5/h8-10,13H,6-7,11,18H2,1-5H3,(H,19,20)/t13-/m0/s1. The van der Waals surface area contributed by atoms with Crippen LogP contribution in [0.2, 0.25) is 0 Å². The molecule has 22 heavy (non-hydrogen) atoms. The predicted molar refractivity (Wildman–Crippen MR) is 88.5 cm³/mol. The van der Waals surface area contributed by atoms with Crippen LogP contribution in [0.1, 0.15) is 39.2 Å². The highest BCUT2D eigenvalue weighted by atomic mass is 16.5. The summed E-state index contributed by atoms with van der Waals surface area (Å²) in [6, 6.07) is 5.53. The summed E-state index contributed by atoms with van der Waals surface area (Å²) in [6.45, 7) is 6.34. The van der Waals surface area contributed by atoms with E-state index in [4.69, 9.17) is 15.2 Å². The third-order valence-electron chi connectivity index (χ3n) is 3.86. The number of rotatable bonds is 8. The molecular formula is C17H28N2O3. The Morgan fingerprint density at radius 2 is 1.91 bits per heavy atom. The van der Waals surface area contributed by atoms with Crippen LogP contribution in [0.25, 0.3) is 0 Å². The summed E-state index contributed by atoms with van der Waals surface area (Å²) in [5.74, 6) is 1.21. The molecule has 0 unspecified atom stereocenters. The van der Waals surface area contributed by atoms with Crippen LogP contribution in [0.3, 0.4) is 0 Å². The van der Waals surface area contributed by atoms with Crippen LogP contribution in [-0.2, 0) is 10.2 Å². The number of nitrogens with one attached hydrogen (secondary N) is 1. The normalized spacial score (nSPS) is 12.6. The van der Waals surface area contributed by atoms with E-state index in [0.29, 0.717) is 18.0 Å². The van der Waals surface area contributed by atoms with Gasteiger partial charge in [0.05, 0.1) is 19.6 Å². The minimum absolute atomic E-state index is 0.00449. The predicted octanol–water partition coefficient (Wildman–Crippen LogP) is 2.23. The second kappa shape index (κ2) is 8.03. The number of ether oxygens (including phenoxy) is 2. The zero-order chi connectivity index (χ0) is 16.8. The van der Waals surface area contributed by atoms with Crippen molar-refractivity contribution in [2.24, 2.45) is 5.73 Å². The highest BCUT2D eigenvalue weighted by molar-refractivity contribution is 5.87. The van der Waals surface area contributed by atoms with E-state index >= 15 is 0 Å². The number of hydrogen-bond donors (Lipinski definition) is 2. The molecule has 124 valence electrons. The summed E-state index contributed by atoms with van der Waals surface area (Å²) in [7, 11) is 3.17. The Bertz CT molecular complexity index is 501. The first kappa shape index (κ1) is 18.3. The number of carbonyl (C=O) groups is 1. The van der Waals surface area contributed by atoms with Crippen LogP contribution in [0.4, 0.5) is 0 Å². The van der Waals surface area contributed by atoms with Gasteiger partial charge in [-0.1, -0.05) is 19.4 Å². The number of hydrogen-bond acceptors (Lipinski definition) is 4. The van der Waals surface area contributed by atoms with Crippen LogP contribution in [0.15, 0.2) is 18.2 Å². The van der Waals surface area contributed by atoms with Gasteiger partial charge < -0.3 is 20.5 Å². The molecule has 0 bridgehead atoms. The minimum Gasteiger partial charge on any atom is -0.493 e. The first-order chi connectivity index (χ1) is 10.4. The Kier molecular flexibility index (Phi) is 6.68. The maximum atomic E-state index is 12.5. The fraction of sp³-hybridized carbons (Fsp3) is 0.588. The second-order valence-corrected chi connectivity index (χ2v) is 5.95. The molecule has 5 heteroatoms. The van der Waals surface area contributed by atoms with Crippen molar-refractivity contribution in [2.75, 3.05) is 20.8 Å². The summed E-state index contributed by atoms with van der Waals surface area (Å²) in [5.41, 5.74) is 6.14. The summed E-state index contributed by atoms with van der Waals surface area (Å²) in [5, 5.41) is 2.94. The molecule has 1 atom stereocenters. The van der Waals surface area contributed by atoms with Crippen molar-refractivity contribution < 1.29 is 14.3 Å². The van der Waals surface area contributed by atoms with Crippen molar-refractivity contribution in [3.63, 3.8) is 0 Å². The molecule has 0 spiro atoms. The molecule has 0 aromatic heterocycles. The monoisotopic (exact) mass is 308 g/mol. The second-order valence-electron chi connectivity index (χ2n) is 5.95. The van der Waals surface area contributed by atoms with E-state index in [2.05, 4.69) is 12.2 Å². The lowest BCUT2D eigenvalue weighted by molar-refractivity contribution is -0.125. The van der Waals surface area contributed by atoms with Crippen LogP contribution >= 0.6 is 0 Å². The molecular weight excluding hydrogens is 280 g/mol. The smallest absolute Gasteiger partial charge is 0.230 e. The maximum Gasteiger partial charge on any atom is 0.230 e. The van der Waals surface area contributed by atoms with E-state index in [1.807, 2.05) is 32.0 Å². The molecule has 5 nitrogen and oxygen atoms in total. The summed E-state index contributed by atoms with van der Waals surface area (Å²) >= 11 is 0. The lowest BCUT2D eigenvalue weighted by Crippen LogP contribution is -2.45. The van der Waals surface area contributed by atoms with Crippen LogP contribution < -0.4 is 20.5 Å². The van der Waals surface area contributed by atoms with Crippen molar-refractivity contribution in [1.82, 2.24) is 5.32 Å². The van der Waals surface area contributed by atoms with E-state index in [-0.39, 0.29) is 11.9 Å². The Hall–Kier alpha value is -1.75. The molecule has 0 aliphatic rings. The molecule has 0 fully saturated rings. The molecule has 1 aromatic rings. The van der Waals surface area contributed by atoms with E-state index in [1.54, 1.807) is 14.2 Å². The number of benzene rings is 1. The zero-order valence-electron chi connectivity index (χ0n) is 14.2. The minimum atomic E-state index is -0.675. The Morgan fingerprint density at radius 1 is 1.27 bits per heavy atom. The van der Waals surface area contributed by atoms with E-state index in [9.17, 15) is 4.79 Å². The first-order valence-corrected chi connectivity index (χ1v) is 7.63. The van der Waals surface area contributed by atoms with Crippen molar-refractivity contribution >= 4 is 5.91 Å². The van der Waals surface area contributed by atoms with Gasteiger partial charge in [0.25, 0.3) is 0 Å². The Balaban J connectivity index is 2.86. The first-order valence-electron chi connectivity index (χ1n) is 7.63. The van der Waals surface area contributed by atoms with Gasteiger partial charge in [-0.15, -0.1) is 0 Å². The largest absolute Gasteiger partial charge is 0.493 e. The van der Waals surface area contributed by atoms with E-state index in [1.165, 1.54) is 0 Å². The molecule has 3 N–H and O–H groups in total. The summed E-state index contributed by atoms with van der Waals surface area (Å²) < 4.78 is 10.5. The molecule has 1 aromatic carbocycles. The molecule has 0 radical (unpaired) electrons. The van der Waals surface area contributed by atoms with Gasteiger partial charge in [0.15, 0.2) is 11.5 Å². The zero-order valence-corrected chi connectivity index (χ0v) is 14.2. The lowest BCUT2D eigenvalue weighted by atomic mass is 9.83. The van der Waals surface area contributed by atoms with E-state index in [0.717, 1.165) is 18.4 Å². The number of carbonyl (C=O) groups excluding carboxylic acids is 1. The molecule has 0 saturated carbocycles. The van der Waals surface area contributed by atoms with Crippen molar-refractivity contribution in [1.29, 1.82) is 0 Å². The Morgan fingerprint density at radius 3 is 2.45 bits per heavy atom. The topological polar surface area (TPSA) is 73.6 Å². The number of nitrogens with two attached hydrogens (primary N) is 1. The van der Waals surface area contributed by atoms with Crippen molar-refractivity contribution in [3.05, 3.63) is 23.8 Å². The van der Waals surface area contributed by atoms with Gasteiger partial charge in [-0.3, -0.25) is 4.79 Å². The van der Waals surface area contributed by atoms with Gasteiger partial charge in [0.2, 0.25) is 5.91 Å². The van der Waals surface area contributed by atoms with Gasteiger partial charge in [0, 0.05) is 12.6 Å². The third kappa shape index (κ3) is 4.37. The summed E-state index contributed by atoms with van der Waals surface area (Å²) in [6.07, 6.45) is 1.91. The fourth-order valence-electron chi connectivity index (χ4n) is 2.27. The van der Waals surface area contributed by atoms with Crippen LogP contribution in [-0.4, -0.2) is 32.7 Å². The number of amides is 1. The SMILES string of the molecule is CCC[C@H](N)CNC(=O)C(C)(C)c1ccc(OC)c(OC)c1. The Labute approximate surface area is 133 Å². The van der Waals surface area contributed by atoms with Crippen LogP contribution in [0.5, 0.6) is 11.5 Å². The van der Waals surface area contributed by atoms with Gasteiger partial charge in [0.1, 0.15) is 0 Å². The molecule has 0 aliphatic carbocycles. The van der Waals surface area contributed by atoms with Gasteiger partial charge in [-0.05, 0) is 38.0 Å². The quantitative estimate of drug-likeness (QED) is 0.772. The average molecular weight is 308 g/mol. The highest BCUT2D eigenvalue weighted by Gasteiger charge is 2.30. The van der Waals surface area contributed by atoms with Gasteiger partial charge >= 0.3 is 0 Å². The van der Waals surface area contributed by atoms with Gasteiger partial charge in [-0.2, -0.15) is 0 Å². The third-order valence-corrected chi connectivity index (χ3v) is 3.86. The van der Waals surface area contributed by atoms with Crippen molar-refractivity contribution in [2.45, 2.75) is 45.1 Å². The fourth-order valence-corrected chi connectivity index (χ4v) is 2.27. The van der Waals surface area contributed by atoms with Crippen LogP contribution in [0, 0.1) is 0 Å². The molecule has 0 heterocycles. The highest BCUT2D eigenvalue weighted by Crippen LogP contribution is 2.33. The summed E-state index contributed by atoms with van der Waals surface area (Å²) in [4.78, 5) is 12.5. The maximum absolute atomic E-state index is 12.5. The molecule has 0 aliphatic heterocycles. The van der Waals surface area contributed by atoms with E-state index < -0.39 is 5.41 Å². The molecule has 1 rings (SSSR count). The van der Waals surface area contributed by atoms with Gasteiger partial charge in [-0.25, -0.2) is 0 Å². The number of methoxy groups -OCH3 is 2.